The van der Waals surface area contributed by atoms with Crippen molar-refractivity contribution in [2.45, 2.75) is 36.8 Å². The zero-order chi connectivity index (χ0) is 30.2. The number of nitrogens with zero attached hydrogens (tertiary/aromatic N) is 4. The maximum Gasteiger partial charge on any atom is 0.408 e. The van der Waals surface area contributed by atoms with Gasteiger partial charge < -0.3 is 25.6 Å². The van der Waals surface area contributed by atoms with Gasteiger partial charge in [-0.25, -0.2) is 18.0 Å². The Hall–Kier alpha value is -4.10. The Balaban J connectivity index is 1.31. The van der Waals surface area contributed by atoms with Crippen molar-refractivity contribution in [1.29, 1.82) is 0 Å². The minimum atomic E-state index is -3.41. The number of ether oxygens (including phenoxy) is 1. The smallest absolute Gasteiger partial charge is 0.408 e. The summed E-state index contributed by atoms with van der Waals surface area (Å²) in [6.45, 7) is 1.35. The molecule has 14 heteroatoms. The molecular formula is C28H30ClN5O7S. The monoisotopic (exact) mass is 615 g/mol. The van der Waals surface area contributed by atoms with Crippen LogP contribution in [0, 0.1) is 5.41 Å². The van der Waals surface area contributed by atoms with E-state index in [1.165, 1.54) is 6.07 Å². The van der Waals surface area contributed by atoms with Gasteiger partial charge in [0.1, 0.15) is 18.5 Å². The van der Waals surface area contributed by atoms with Crippen LogP contribution in [0.25, 0.3) is 11.1 Å². The Bertz CT molecular complexity index is 1620. The number of nitrogen functional groups attached to an aromatic ring is 1. The van der Waals surface area contributed by atoms with E-state index in [1.807, 2.05) is 4.90 Å². The third-order valence-corrected chi connectivity index (χ3v) is 9.26. The molecule has 3 heterocycles. The molecule has 0 bridgehead atoms. The molecule has 4 N–H and O–H groups in total. The van der Waals surface area contributed by atoms with Gasteiger partial charge in [-0.15, -0.1) is 0 Å². The number of piperidine rings is 1. The molecular weight excluding hydrogens is 586 g/mol. The zero-order valence-corrected chi connectivity index (χ0v) is 24.3. The summed E-state index contributed by atoms with van der Waals surface area (Å²) in [4.78, 5) is 35.1. The molecule has 0 radical (unpaired) electrons. The number of carboxylic acids is 1. The second kappa shape index (κ2) is 11.3. The van der Waals surface area contributed by atoms with Crippen molar-refractivity contribution in [2.24, 2.45) is 5.41 Å². The van der Waals surface area contributed by atoms with E-state index < -0.39 is 33.4 Å². The molecule has 1 amide bonds. The summed E-state index contributed by atoms with van der Waals surface area (Å²) >= 11 is 6.27. The van der Waals surface area contributed by atoms with Gasteiger partial charge in [0.2, 0.25) is 11.8 Å². The van der Waals surface area contributed by atoms with Gasteiger partial charge in [-0.05, 0) is 65.6 Å². The lowest BCUT2D eigenvalue weighted by Crippen LogP contribution is -2.43. The number of aliphatic carboxylic acids is 1. The number of rotatable bonds is 7. The highest BCUT2D eigenvalue weighted by Gasteiger charge is 2.50. The van der Waals surface area contributed by atoms with Gasteiger partial charge in [0, 0.05) is 37.0 Å². The summed E-state index contributed by atoms with van der Waals surface area (Å²) < 4.78 is 30.2. The first-order chi connectivity index (χ1) is 19.8. The number of sulfone groups is 1. The highest BCUT2D eigenvalue weighted by Crippen LogP contribution is 2.44. The Morgan fingerprint density at radius 2 is 1.86 bits per heavy atom. The fourth-order valence-corrected chi connectivity index (χ4v) is 6.54. The molecule has 12 nitrogen and oxygen atoms in total. The summed E-state index contributed by atoms with van der Waals surface area (Å²) in [5.74, 6) is -0.322. The van der Waals surface area contributed by atoms with Crippen LogP contribution in [0.3, 0.4) is 0 Å². The summed E-state index contributed by atoms with van der Waals surface area (Å²) in [7, 11) is -3.41. The van der Waals surface area contributed by atoms with Crippen LogP contribution >= 0.6 is 11.6 Å². The second-order valence-corrected chi connectivity index (χ2v) is 13.2. The maximum atomic E-state index is 12.1. The van der Waals surface area contributed by atoms with Crippen LogP contribution in [0.15, 0.2) is 53.4 Å². The quantitative estimate of drug-likeness (QED) is 0.352. The van der Waals surface area contributed by atoms with Gasteiger partial charge in [0.05, 0.1) is 4.90 Å². The minimum absolute atomic E-state index is 0.0174. The predicted octanol–water partition coefficient (Wildman–Crippen LogP) is 3.79. The lowest BCUT2D eigenvalue weighted by Gasteiger charge is -2.39. The molecule has 2 aliphatic rings. The van der Waals surface area contributed by atoms with E-state index in [0.717, 1.165) is 16.7 Å². The van der Waals surface area contributed by atoms with E-state index in [2.05, 4.69) is 9.97 Å². The number of amides is 1. The highest BCUT2D eigenvalue weighted by molar-refractivity contribution is 7.90. The highest BCUT2D eigenvalue weighted by atomic mass is 35.5. The molecule has 1 aromatic heterocycles. The fourth-order valence-electron chi connectivity index (χ4n) is 5.71. The van der Waals surface area contributed by atoms with Gasteiger partial charge in [-0.2, -0.15) is 9.97 Å². The van der Waals surface area contributed by atoms with Crippen molar-refractivity contribution in [3.63, 3.8) is 0 Å². The molecule has 222 valence electrons. The summed E-state index contributed by atoms with van der Waals surface area (Å²) in [5.41, 5.74) is 7.74. The molecule has 3 aromatic rings. The van der Waals surface area contributed by atoms with Crippen LogP contribution in [-0.4, -0.2) is 77.5 Å². The third-order valence-electron chi connectivity index (χ3n) is 7.91. The van der Waals surface area contributed by atoms with Gasteiger partial charge in [-0.3, -0.25) is 4.90 Å². The molecule has 2 saturated heterocycles. The van der Waals surface area contributed by atoms with Gasteiger partial charge in [0.15, 0.2) is 9.84 Å². The van der Waals surface area contributed by atoms with Crippen LogP contribution in [0.1, 0.15) is 24.8 Å². The first kappa shape index (κ1) is 29.4. The number of halogens is 1. The topological polar surface area (TPSA) is 176 Å². The lowest BCUT2D eigenvalue weighted by molar-refractivity contribution is -0.141. The Labute approximate surface area is 247 Å². The van der Waals surface area contributed by atoms with E-state index in [4.69, 9.17) is 22.1 Å². The van der Waals surface area contributed by atoms with Gasteiger partial charge in [-0.1, -0.05) is 29.8 Å². The summed E-state index contributed by atoms with van der Waals surface area (Å²) in [6.07, 6.45) is 1.40. The van der Waals surface area contributed by atoms with E-state index in [-0.39, 0.29) is 36.3 Å². The third kappa shape index (κ3) is 6.21. The summed E-state index contributed by atoms with van der Waals surface area (Å²) in [5, 5.41) is 19.5. The molecule has 0 aliphatic carbocycles. The first-order valence-electron chi connectivity index (χ1n) is 13.2. The van der Waals surface area contributed by atoms with E-state index in [0.29, 0.717) is 47.9 Å². The fraction of sp³-hybridized carbons (Fsp3) is 0.357. The van der Waals surface area contributed by atoms with Crippen molar-refractivity contribution >= 4 is 45.3 Å². The number of anilines is 2. The molecule has 2 aliphatic heterocycles. The molecule has 1 atom stereocenters. The van der Waals surface area contributed by atoms with Crippen LogP contribution in [0.2, 0.25) is 5.02 Å². The average Bonchev–Trinajstić information content (AvgIpc) is 3.32. The molecule has 0 saturated carbocycles. The molecule has 2 fully saturated rings. The molecule has 1 spiro atoms. The number of carbonyl (C=O) groups is 2. The number of likely N-dealkylation sites (tertiary alicyclic amines) is 1. The molecule has 5 rings (SSSR count). The standard InChI is InChI=1S/C28H30ClN5O7S/c1-42(39,40)20-4-2-3-17(11-20)21-12-19(29)6-5-18(21)15-41-24-13-23(31-26(30)32-24)33-9-7-28(8-10-33)14-22(25(35)36)34(16-28)27(37)38/h2-6,11-13,22H,7-10,14-16H2,1H3,(H,35,36)(H,37,38)(H2,30,31,32). The predicted molar refractivity (Wildman–Crippen MR) is 155 cm³/mol. The SMILES string of the molecule is CS(=O)(=O)c1cccc(-c2cc(Cl)ccc2COc2cc(N3CCC4(CC3)CC(C(=O)O)N(C(=O)O)C4)nc(N)n2)c1. The number of benzene rings is 2. The van der Waals surface area contributed by atoms with Crippen molar-refractivity contribution in [3.05, 3.63) is 59.1 Å². The van der Waals surface area contributed by atoms with Crippen molar-refractivity contribution < 1.29 is 33.0 Å². The molecule has 2 aromatic carbocycles. The first-order valence-corrected chi connectivity index (χ1v) is 15.4. The molecule has 42 heavy (non-hydrogen) atoms. The minimum Gasteiger partial charge on any atom is -0.480 e. The number of hydrogen-bond acceptors (Lipinski definition) is 9. The molecule has 1 unspecified atom stereocenters. The second-order valence-electron chi connectivity index (χ2n) is 10.8. The van der Waals surface area contributed by atoms with Crippen molar-refractivity contribution in [3.8, 4) is 17.0 Å². The van der Waals surface area contributed by atoms with Crippen molar-refractivity contribution in [1.82, 2.24) is 14.9 Å². The van der Waals surface area contributed by atoms with Gasteiger partial charge >= 0.3 is 12.1 Å². The Morgan fingerprint density at radius 3 is 2.50 bits per heavy atom. The largest absolute Gasteiger partial charge is 0.480 e. The van der Waals surface area contributed by atoms with E-state index in [1.54, 1.807) is 42.5 Å². The van der Waals surface area contributed by atoms with Crippen LogP contribution in [0.5, 0.6) is 5.88 Å². The summed E-state index contributed by atoms with van der Waals surface area (Å²) in [6, 6.07) is 12.5. The van der Waals surface area contributed by atoms with Gasteiger partial charge in [0.25, 0.3) is 0 Å². The number of aromatic nitrogens is 2. The van der Waals surface area contributed by atoms with Crippen LogP contribution < -0.4 is 15.4 Å². The van der Waals surface area contributed by atoms with E-state index in [9.17, 15) is 28.2 Å². The van der Waals surface area contributed by atoms with Crippen molar-refractivity contribution in [2.75, 3.05) is 36.5 Å². The number of carboxylic acid groups (broad SMARTS) is 2. The zero-order valence-electron chi connectivity index (χ0n) is 22.7. The van der Waals surface area contributed by atoms with Crippen LogP contribution in [-0.2, 0) is 21.2 Å². The van der Waals surface area contributed by atoms with Crippen LogP contribution in [0.4, 0.5) is 16.6 Å². The number of nitrogens with two attached hydrogens (primary N) is 1. The average molecular weight is 616 g/mol. The maximum absolute atomic E-state index is 12.1. The lowest BCUT2D eigenvalue weighted by atomic mass is 9.76. The normalized spacial score (nSPS) is 18.3. The Kier molecular flexibility index (Phi) is 7.90. The Morgan fingerprint density at radius 1 is 1.12 bits per heavy atom. The van der Waals surface area contributed by atoms with E-state index >= 15 is 0 Å². The number of hydrogen-bond donors (Lipinski definition) is 3.